The van der Waals surface area contributed by atoms with E-state index in [1.807, 2.05) is 36.6 Å². The smallest absolute Gasteiger partial charge is 0.246 e. The van der Waals surface area contributed by atoms with E-state index in [9.17, 15) is 14.4 Å². The van der Waals surface area contributed by atoms with Crippen LogP contribution in [0.5, 0.6) is 0 Å². The molecule has 2 fully saturated rings. The second-order valence-electron chi connectivity index (χ2n) is 8.02. The van der Waals surface area contributed by atoms with Gasteiger partial charge in [-0.15, -0.1) is 11.3 Å². The minimum absolute atomic E-state index is 0.200. The number of benzene rings is 1. The lowest BCUT2D eigenvalue weighted by Gasteiger charge is -2.19. The van der Waals surface area contributed by atoms with Crippen molar-refractivity contribution < 1.29 is 14.4 Å². The molecule has 3 aromatic rings. The number of hydrogen-bond donors (Lipinski definition) is 2. The van der Waals surface area contributed by atoms with Gasteiger partial charge in [0.1, 0.15) is 6.54 Å². The van der Waals surface area contributed by atoms with Crippen LogP contribution in [0.15, 0.2) is 29.6 Å². The first-order chi connectivity index (χ1) is 14.5. The Morgan fingerprint density at radius 2 is 1.90 bits per heavy atom. The summed E-state index contributed by atoms with van der Waals surface area (Å²) in [7, 11) is 0. The minimum atomic E-state index is -0.396. The van der Waals surface area contributed by atoms with Crippen LogP contribution in [0.2, 0.25) is 0 Å². The average Bonchev–Trinajstić information content (AvgIpc) is 3.39. The summed E-state index contributed by atoms with van der Waals surface area (Å²) in [5.74, 6) is -1.28. The van der Waals surface area contributed by atoms with E-state index in [-0.39, 0.29) is 30.2 Å². The molecule has 2 atom stereocenters. The normalized spacial score (nSPS) is 21.3. The topological polar surface area (TPSA) is 95.2 Å². The fraction of sp³-hybridized carbons (Fsp3) is 0.364. The van der Waals surface area contributed by atoms with Crippen LogP contribution < -0.4 is 5.32 Å². The molecule has 2 N–H and O–H groups in total. The van der Waals surface area contributed by atoms with Crippen molar-refractivity contribution in [3.05, 3.63) is 35.3 Å². The van der Waals surface area contributed by atoms with Crippen molar-refractivity contribution in [2.75, 3.05) is 11.9 Å². The Hall–Kier alpha value is -3.00. The second-order valence-corrected chi connectivity index (χ2v) is 8.87. The van der Waals surface area contributed by atoms with E-state index >= 15 is 0 Å². The molecule has 5 rings (SSSR count). The molecule has 1 saturated heterocycles. The Morgan fingerprint density at radius 1 is 1.20 bits per heavy atom. The van der Waals surface area contributed by atoms with Gasteiger partial charge in [0, 0.05) is 27.5 Å². The summed E-state index contributed by atoms with van der Waals surface area (Å²) in [6.07, 6.45) is 3.42. The number of aromatic nitrogens is 2. The van der Waals surface area contributed by atoms with Gasteiger partial charge in [-0.1, -0.05) is 31.0 Å². The Balaban J connectivity index is 1.31. The number of para-hydroxylation sites is 1. The number of nitrogens with zero attached hydrogens (tertiary/aromatic N) is 2. The monoisotopic (exact) mass is 422 g/mol. The zero-order chi connectivity index (χ0) is 20.8. The number of hydrogen-bond acceptors (Lipinski definition) is 5. The minimum Gasteiger partial charge on any atom is -0.358 e. The maximum atomic E-state index is 12.6. The van der Waals surface area contributed by atoms with Crippen molar-refractivity contribution in [3.8, 4) is 11.3 Å². The van der Waals surface area contributed by atoms with E-state index < -0.39 is 5.91 Å². The summed E-state index contributed by atoms with van der Waals surface area (Å²) in [5.41, 5.74) is 3.84. The lowest BCUT2D eigenvalue weighted by atomic mass is 9.81. The average molecular weight is 423 g/mol. The van der Waals surface area contributed by atoms with Crippen molar-refractivity contribution >= 4 is 45.1 Å². The fourth-order valence-corrected chi connectivity index (χ4v) is 5.46. The Morgan fingerprint density at radius 3 is 2.63 bits per heavy atom. The van der Waals surface area contributed by atoms with Crippen molar-refractivity contribution in [2.24, 2.45) is 11.8 Å². The van der Waals surface area contributed by atoms with E-state index in [0.29, 0.717) is 5.13 Å². The van der Waals surface area contributed by atoms with Gasteiger partial charge in [0.2, 0.25) is 17.7 Å². The first-order valence-corrected chi connectivity index (χ1v) is 11.1. The lowest BCUT2D eigenvalue weighted by molar-refractivity contribution is -0.142. The van der Waals surface area contributed by atoms with E-state index in [1.165, 1.54) is 11.3 Å². The van der Waals surface area contributed by atoms with Crippen LogP contribution in [0, 0.1) is 18.8 Å². The van der Waals surface area contributed by atoms with Gasteiger partial charge in [-0.3, -0.25) is 19.3 Å². The van der Waals surface area contributed by atoms with Gasteiger partial charge < -0.3 is 10.3 Å². The van der Waals surface area contributed by atoms with Gasteiger partial charge in [-0.05, 0) is 25.8 Å². The number of aryl methyl sites for hydroxylation is 1. The van der Waals surface area contributed by atoms with E-state index in [4.69, 9.17) is 0 Å². The maximum Gasteiger partial charge on any atom is 0.246 e. The number of likely N-dealkylation sites (tertiary alicyclic amines) is 1. The van der Waals surface area contributed by atoms with Crippen molar-refractivity contribution in [2.45, 2.75) is 32.6 Å². The van der Waals surface area contributed by atoms with Gasteiger partial charge >= 0.3 is 0 Å². The van der Waals surface area contributed by atoms with Gasteiger partial charge in [0.15, 0.2) is 5.13 Å². The third-order valence-corrected chi connectivity index (χ3v) is 6.89. The highest BCUT2D eigenvalue weighted by molar-refractivity contribution is 7.14. The van der Waals surface area contributed by atoms with Crippen LogP contribution in [0.25, 0.3) is 22.2 Å². The summed E-state index contributed by atoms with van der Waals surface area (Å²) in [4.78, 5) is 46.7. The Labute approximate surface area is 177 Å². The molecule has 0 radical (unpaired) electrons. The number of rotatable bonds is 4. The first-order valence-electron chi connectivity index (χ1n) is 10.2. The van der Waals surface area contributed by atoms with Crippen LogP contribution in [0.3, 0.4) is 0 Å². The predicted molar refractivity (Wildman–Crippen MR) is 115 cm³/mol. The molecule has 30 heavy (non-hydrogen) atoms. The largest absolute Gasteiger partial charge is 0.358 e. The molecule has 2 aliphatic rings. The second kappa shape index (κ2) is 7.36. The summed E-state index contributed by atoms with van der Waals surface area (Å²) >= 11 is 1.33. The van der Waals surface area contributed by atoms with E-state index in [1.54, 1.807) is 0 Å². The molecular weight excluding hydrogens is 400 g/mol. The summed E-state index contributed by atoms with van der Waals surface area (Å²) in [6, 6.07) is 8.01. The molecular formula is C22H22N4O3S. The summed E-state index contributed by atoms with van der Waals surface area (Å²) in [6.45, 7) is 1.75. The maximum absolute atomic E-state index is 12.6. The van der Waals surface area contributed by atoms with Gasteiger partial charge in [-0.2, -0.15) is 0 Å². The Kier molecular flexibility index (Phi) is 4.66. The molecule has 2 aromatic heterocycles. The first kappa shape index (κ1) is 19.0. The molecule has 1 aromatic carbocycles. The number of H-pyrrole nitrogens is 1. The standard InChI is InChI=1S/C22H22N4O3S/c1-12-19(15-8-4-5-9-16(15)23-12)17-11-30-22(24-17)25-18(27)10-26-20(28)13-6-2-3-7-14(13)21(26)29/h4-5,8-9,11,13-14,23H,2-3,6-7,10H2,1H3,(H,24,25,27). The highest BCUT2D eigenvalue weighted by Gasteiger charge is 2.48. The number of anilines is 1. The number of nitrogens with one attached hydrogen (secondary N) is 2. The molecule has 1 saturated carbocycles. The molecule has 2 unspecified atom stereocenters. The Bertz CT molecular complexity index is 1140. The molecule has 0 bridgehead atoms. The molecule has 1 aliphatic heterocycles. The third kappa shape index (κ3) is 3.11. The van der Waals surface area contributed by atoms with E-state index in [0.717, 1.165) is 58.4 Å². The number of aromatic amines is 1. The molecule has 8 heteroatoms. The number of carbonyl (C=O) groups excluding carboxylic acids is 3. The predicted octanol–water partition coefficient (Wildman–Crippen LogP) is 3.71. The lowest BCUT2D eigenvalue weighted by Crippen LogP contribution is -2.38. The number of amides is 3. The highest BCUT2D eigenvalue weighted by Crippen LogP contribution is 2.38. The van der Waals surface area contributed by atoms with Crippen LogP contribution >= 0.6 is 11.3 Å². The SMILES string of the molecule is Cc1[nH]c2ccccc2c1-c1csc(NC(=O)CN2C(=O)C3CCCCC3C2=O)n1. The molecule has 0 spiro atoms. The number of imide groups is 1. The number of carbonyl (C=O) groups is 3. The van der Waals surface area contributed by atoms with Gasteiger partial charge in [-0.25, -0.2) is 4.98 Å². The van der Waals surface area contributed by atoms with Crippen LogP contribution in [0.4, 0.5) is 5.13 Å². The van der Waals surface area contributed by atoms with Crippen LogP contribution in [-0.2, 0) is 14.4 Å². The van der Waals surface area contributed by atoms with Gasteiger partial charge in [0.05, 0.1) is 17.5 Å². The van der Waals surface area contributed by atoms with Crippen LogP contribution in [0.1, 0.15) is 31.4 Å². The molecule has 154 valence electrons. The van der Waals surface area contributed by atoms with Crippen molar-refractivity contribution in [3.63, 3.8) is 0 Å². The third-order valence-electron chi connectivity index (χ3n) is 6.13. The number of thiazole rings is 1. The molecule has 7 nitrogen and oxygen atoms in total. The number of fused-ring (bicyclic) bond motifs is 2. The molecule has 3 heterocycles. The molecule has 1 aliphatic carbocycles. The summed E-state index contributed by atoms with van der Waals surface area (Å²) in [5, 5.41) is 6.19. The molecule has 3 amide bonds. The summed E-state index contributed by atoms with van der Waals surface area (Å²) < 4.78 is 0. The van der Waals surface area contributed by atoms with Gasteiger partial charge in [0.25, 0.3) is 0 Å². The zero-order valence-electron chi connectivity index (χ0n) is 16.6. The fourth-order valence-electron chi connectivity index (χ4n) is 4.74. The zero-order valence-corrected chi connectivity index (χ0v) is 17.4. The quantitative estimate of drug-likeness (QED) is 0.627. The van der Waals surface area contributed by atoms with Crippen molar-refractivity contribution in [1.29, 1.82) is 0 Å². The van der Waals surface area contributed by atoms with Crippen molar-refractivity contribution in [1.82, 2.24) is 14.9 Å². The highest BCUT2D eigenvalue weighted by atomic mass is 32.1. The van der Waals surface area contributed by atoms with E-state index in [2.05, 4.69) is 15.3 Å². The van der Waals surface area contributed by atoms with Crippen LogP contribution in [-0.4, -0.2) is 39.1 Å².